The molecule has 2 aromatic carbocycles. The molecule has 1 amide bonds. The van der Waals surface area contributed by atoms with Crippen molar-refractivity contribution in [2.24, 2.45) is 0 Å². The third-order valence-corrected chi connectivity index (χ3v) is 4.34. The van der Waals surface area contributed by atoms with Gasteiger partial charge in [-0.25, -0.2) is 4.79 Å². The van der Waals surface area contributed by atoms with Crippen LogP contribution >= 0.6 is 0 Å². The van der Waals surface area contributed by atoms with E-state index in [0.29, 0.717) is 11.4 Å². The number of nitriles is 1. The van der Waals surface area contributed by atoms with Crippen molar-refractivity contribution in [2.45, 2.75) is 20.3 Å². The predicted octanol–water partition coefficient (Wildman–Crippen LogP) is 3.89. The molecule has 0 aliphatic heterocycles. The highest BCUT2D eigenvalue weighted by molar-refractivity contribution is 5.98. The minimum atomic E-state index is -0.592. The fourth-order valence-corrected chi connectivity index (χ4v) is 3.13. The van der Waals surface area contributed by atoms with Gasteiger partial charge in [0.05, 0.1) is 12.5 Å². The van der Waals surface area contributed by atoms with E-state index >= 15 is 0 Å². The summed E-state index contributed by atoms with van der Waals surface area (Å²) in [5, 5.41) is 9.81. The van der Waals surface area contributed by atoms with Crippen LogP contribution in [0.15, 0.2) is 48.5 Å². The number of para-hydroxylation sites is 1. The number of carbonyl (C=O) groups is 2. The second-order valence-corrected chi connectivity index (χ2v) is 6.65. The summed E-state index contributed by atoms with van der Waals surface area (Å²) in [4.78, 5) is 29.5. The first kappa shape index (κ1) is 19.2. The predicted molar refractivity (Wildman–Crippen MR) is 107 cm³/mol. The molecule has 3 rings (SSSR count). The third kappa shape index (κ3) is 4.38. The van der Waals surface area contributed by atoms with Gasteiger partial charge in [0.2, 0.25) is 0 Å². The SMILES string of the molecule is Cc1cc(C)cc(N(CCC#N)C(=O)COC(=O)c2cc3ccccc3[nH]2)c1. The van der Waals surface area contributed by atoms with Gasteiger partial charge in [-0.2, -0.15) is 5.26 Å². The lowest BCUT2D eigenvalue weighted by molar-refractivity contribution is -0.121. The summed E-state index contributed by atoms with van der Waals surface area (Å²) < 4.78 is 5.22. The molecule has 0 aliphatic rings. The number of anilines is 1. The number of amides is 1. The number of rotatable bonds is 6. The molecule has 3 aromatic rings. The Balaban J connectivity index is 1.72. The van der Waals surface area contributed by atoms with Crippen LogP contribution in [0, 0.1) is 25.2 Å². The summed E-state index contributed by atoms with van der Waals surface area (Å²) in [7, 11) is 0. The van der Waals surface area contributed by atoms with Crippen molar-refractivity contribution in [1.82, 2.24) is 4.98 Å². The Morgan fingerprint density at radius 3 is 2.50 bits per heavy atom. The number of hydrogen-bond donors (Lipinski definition) is 1. The maximum atomic E-state index is 12.7. The van der Waals surface area contributed by atoms with Gasteiger partial charge in [-0.1, -0.05) is 24.3 Å². The molecular weight excluding hydrogens is 354 g/mol. The third-order valence-electron chi connectivity index (χ3n) is 4.34. The van der Waals surface area contributed by atoms with Crippen molar-refractivity contribution >= 4 is 28.5 Å². The van der Waals surface area contributed by atoms with Crippen molar-refractivity contribution in [2.75, 3.05) is 18.1 Å². The lowest BCUT2D eigenvalue weighted by Gasteiger charge is -2.22. The van der Waals surface area contributed by atoms with Crippen LogP contribution in [0.5, 0.6) is 0 Å². The van der Waals surface area contributed by atoms with E-state index in [0.717, 1.165) is 22.0 Å². The number of aromatic amines is 1. The second-order valence-electron chi connectivity index (χ2n) is 6.65. The van der Waals surface area contributed by atoms with Gasteiger partial charge in [-0.05, 0) is 49.2 Å². The number of carbonyl (C=O) groups excluding carboxylic acids is 2. The van der Waals surface area contributed by atoms with Crippen molar-refractivity contribution in [1.29, 1.82) is 5.26 Å². The van der Waals surface area contributed by atoms with E-state index in [4.69, 9.17) is 10.00 Å². The minimum absolute atomic E-state index is 0.189. The van der Waals surface area contributed by atoms with Crippen LogP contribution in [0.2, 0.25) is 0 Å². The molecule has 1 N–H and O–H groups in total. The van der Waals surface area contributed by atoms with Crippen LogP contribution in [0.3, 0.4) is 0 Å². The van der Waals surface area contributed by atoms with Gasteiger partial charge in [0, 0.05) is 23.1 Å². The van der Waals surface area contributed by atoms with E-state index in [1.807, 2.05) is 56.3 Å². The summed E-state index contributed by atoms with van der Waals surface area (Å²) >= 11 is 0. The molecule has 0 spiro atoms. The maximum Gasteiger partial charge on any atom is 0.355 e. The number of aryl methyl sites for hydroxylation is 2. The highest BCUT2D eigenvalue weighted by Gasteiger charge is 2.19. The standard InChI is InChI=1S/C22H21N3O3/c1-15-10-16(2)12-18(11-15)25(9-5-8-23)21(26)14-28-22(27)20-13-17-6-3-4-7-19(17)24-20/h3-4,6-7,10-13,24H,5,9,14H2,1-2H3. The molecule has 0 unspecified atom stereocenters. The normalized spacial score (nSPS) is 10.5. The molecule has 6 heteroatoms. The molecule has 0 atom stereocenters. The van der Waals surface area contributed by atoms with E-state index in [1.165, 1.54) is 4.90 Å². The number of H-pyrrole nitrogens is 1. The molecule has 0 saturated heterocycles. The molecule has 1 heterocycles. The van der Waals surface area contributed by atoms with Gasteiger partial charge in [0.25, 0.3) is 5.91 Å². The highest BCUT2D eigenvalue weighted by Crippen LogP contribution is 2.20. The van der Waals surface area contributed by atoms with Crippen molar-refractivity contribution < 1.29 is 14.3 Å². The average Bonchev–Trinajstić information content (AvgIpc) is 3.10. The number of esters is 1. The van der Waals surface area contributed by atoms with Gasteiger partial charge < -0.3 is 14.6 Å². The Morgan fingerprint density at radius 1 is 1.11 bits per heavy atom. The Bertz CT molecular complexity index is 1010. The Labute approximate surface area is 163 Å². The van der Waals surface area contributed by atoms with Gasteiger partial charge in [-0.15, -0.1) is 0 Å². The molecule has 0 bridgehead atoms. The second kappa shape index (κ2) is 8.40. The molecule has 0 saturated carbocycles. The van der Waals surface area contributed by atoms with Crippen molar-refractivity contribution in [3.05, 3.63) is 65.4 Å². The van der Waals surface area contributed by atoms with Gasteiger partial charge in [0.15, 0.2) is 6.61 Å². The van der Waals surface area contributed by atoms with Crippen LogP contribution in [-0.2, 0) is 9.53 Å². The quantitative estimate of drug-likeness (QED) is 0.662. The van der Waals surface area contributed by atoms with E-state index in [1.54, 1.807) is 6.07 Å². The number of hydrogen-bond acceptors (Lipinski definition) is 4. The topological polar surface area (TPSA) is 86.2 Å². The lowest BCUT2D eigenvalue weighted by atomic mass is 10.1. The smallest absolute Gasteiger partial charge is 0.355 e. The number of benzene rings is 2. The Morgan fingerprint density at radius 2 is 1.82 bits per heavy atom. The largest absolute Gasteiger partial charge is 0.451 e. The number of fused-ring (bicyclic) bond motifs is 1. The number of nitrogens with one attached hydrogen (secondary N) is 1. The van der Waals surface area contributed by atoms with Crippen LogP contribution in [-0.4, -0.2) is 30.0 Å². The fraction of sp³-hybridized carbons (Fsp3) is 0.227. The van der Waals surface area contributed by atoms with E-state index < -0.39 is 12.6 Å². The monoisotopic (exact) mass is 375 g/mol. The molecule has 6 nitrogen and oxygen atoms in total. The highest BCUT2D eigenvalue weighted by atomic mass is 16.5. The fourth-order valence-electron chi connectivity index (χ4n) is 3.13. The molecule has 142 valence electrons. The molecule has 28 heavy (non-hydrogen) atoms. The van der Waals surface area contributed by atoms with Gasteiger partial charge in [-0.3, -0.25) is 4.79 Å². The zero-order valence-electron chi connectivity index (χ0n) is 15.9. The maximum absolute atomic E-state index is 12.7. The first-order chi connectivity index (χ1) is 13.5. The van der Waals surface area contributed by atoms with Crippen molar-refractivity contribution in [3.8, 4) is 6.07 Å². The summed E-state index contributed by atoms with van der Waals surface area (Å²) in [6.45, 7) is 3.73. The Hall–Kier alpha value is -3.59. The van der Waals surface area contributed by atoms with Gasteiger partial charge >= 0.3 is 5.97 Å². The van der Waals surface area contributed by atoms with Crippen LogP contribution in [0.1, 0.15) is 28.0 Å². The zero-order valence-corrected chi connectivity index (χ0v) is 15.9. The summed E-state index contributed by atoms with van der Waals surface area (Å²) in [5.74, 6) is -0.963. The molecule has 0 fully saturated rings. The van der Waals surface area contributed by atoms with E-state index in [9.17, 15) is 9.59 Å². The number of nitrogens with zero attached hydrogens (tertiary/aromatic N) is 2. The minimum Gasteiger partial charge on any atom is -0.451 e. The molecule has 1 aromatic heterocycles. The van der Waals surface area contributed by atoms with Crippen LogP contribution in [0.4, 0.5) is 5.69 Å². The summed E-state index contributed by atoms with van der Waals surface area (Å²) in [6.07, 6.45) is 0.189. The van der Waals surface area contributed by atoms with Crippen molar-refractivity contribution in [3.63, 3.8) is 0 Å². The first-order valence-electron chi connectivity index (χ1n) is 8.98. The van der Waals surface area contributed by atoms with Gasteiger partial charge in [0.1, 0.15) is 5.69 Å². The molecule has 0 radical (unpaired) electrons. The Kier molecular flexibility index (Phi) is 5.75. The van der Waals surface area contributed by atoms with E-state index in [-0.39, 0.29) is 18.9 Å². The molecule has 0 aliphatic carbocycles. The number of aromatic nitrogens is 1. The van der Waals surface area contributed by atoms with Crippen LogP contribution in [0.25, 0.3) is 10.9 Å². The molecular formula is C22H21N3O3. The summed E-state index contributed by atoms with van der Waals surface area (Å²) in [5.41, 5.74) is 3.84. The first-order valence-corrected chi connectivity index (χ1v) is 8.98. The summed E-state index contributed by atoms with van der Waals surface area (Å²) in [6, 6.07) is 17.0. The van der Waals surface area contributed by atoms with E-state index in [2.05, 4.69) is 11.1 Å². The van der Waals surface area contributed by atoms with Crippen LogP contribution < -0.4 is 4.90 Å². The zero-order chi connectivity index (χ0) is 20.1. The average molecular weight is 375 g/mol. The lowest BCUT2D eigenvalue weighted by Crippen LogP contribution is -2.35. The number of ether oxygens (including phenoxy) is 1.